The number of furan rings is 1. The second-order valence-electron chi connectivity index (χ2n) is 6.25. The number of hydrogen-bond acceptors (Lipinski definition) is 6. The molecular formula is C21H15ClN2O6. The number of rotatable bonds is 4. The summed E-state index contributed by atoms with van der Waals surface area (Å²) >= 11 is 6.06. The summed E-state index contributed by atoms with van der Waals surface area (Å²) in [4.78, 5) is 50.1. The van der Waals surface area contributed by atoms with Gasteiger partial charge in [0.05, 0.1) is 10.6 Å². The first-order valence-electron chi connectivity index (χ1n) is 8.56. The largest absolute Gasteiger partial charge is 0.457 e. The van der Waals surface area contributed by atoms with Crippen LogP contribution in [0.5, 0.6) is 0 Å². The fraction of sp³-hybridized carbons (Fsp3) is 0.143. The Kier molecular flexibility index (Phi) is 5.76. The Morgan fingerprint density at radius 1 is 1.17 bits per heavy atom. The topological polar surface area (TPSA) is 97.1 Å². The third-order valence-electron chi connectivity index (χ3n) is 4.31. The zero-order valence-electron chi connectivity index (χ0n) is 16.0. The van der Waals surface area contributed by atoms with E-state index in [4.69, 9.17) is 27.2 Å². The lowest BCUT2D eigenvalue weighted by Gasteiger charge is -2.28. The van der Waals surface area contributed by atoms with Crippen LogP contribution in [0.4, 0.5) is 4.79 Å². The highest BCUT2D eigenvalue weighted by atomic mass is 35.5. The van der Waals surface area contributed by atoms with Crippen molar-refractivity contribution in [1.82, 2.24) is 9.80 Å². The van der Waals surface area contributed by atoms with Gasteiger partial charge < -0.3 is 9.15 Å². The number of likely N-dealkylation sites (N-methyl/N-ethyl adjacent to an activating group) is 2. The molecule has 3 rings (SSSR count). The summed E-state index contributed by atoms with van der Waals surface area (Å²) in [5.74, 6) is 0.631. The highest BCUT2D eigenvalue weighted by Gasteiger charge is 2.38. The molecule has 1 aliphatic rings. The van der Waals surface area contributed by atoms with Crippen molar-refractivity contribution in [3.8, 4) is 23.7 Å². The quantitative estimate of drug-likeness (QED) is 0.323. The van der Waals surface area contributed by atoms with Crippen LogP contribution >= 0.6 is 11.6 Å². The van der Waals surface area contributed by atoms with Crippen LogP contribution < -0.4 is 0 Å². The zero-order valence-corrected chi connectivity index (χ0v) is 16.7. The molecule has 0 unspecified atom stereocenters. The first kappa shape index (κ1) is 20.9. The molecule has 9 heteroatoms. The summed E-state index contributed by atoms with van der Waals surface area (Å²) in [6, 6.07) is 7.05. The van der Waals surface area contributed by atoms with E-state index < -0.39 is 23.8 Å². The molecule has 0 N–H and O–H groups in total. The SMILES string of the molecule is C#CCOC(=O)c1cc(-c2ccc(C=C3C(=O)N(C)C(=O)N(C)C3=O)o2)ccc1Cl. The zero-order chi connectivity index (χ0) is 22.0. The van der Waals surface area contributed by atoms with Crippen molar-refractivity contribution < 1.29 is 28.3 Å². The number of hydrogen-bond donors (Lipinski definition) is 0. The van der Waals surface area contributed by atoms with Gasteiger partial charge >= 0.3 is 12.0 Å². The molecule has 1 fully saturated rings. The van der Waals surface area contributed by atoms with Crippen molar-refractivity contribution in [2.45, 2.75) is 0 Å². The molecule has 0 saturated carbocycles. The average molecular weight is 427 g/mol. The lowest BCUT2D eigenvalue weighted by atomic mass is 10.1. The summed E-state index contributed by atoms with van der Waals surface area (Å²) < 4.78 is 10.6. The molecule has 2 heterocycles. The third kappa shape index (κ3) is 3.83. The normalized spacial score (nSPS) is 14.1. The van der Waals surface area contributed by atoms with Crippen LogP contribution in [-0.4, -0.2) is 54.3 Å². The number of carbonyl (C=O) groups is 4. The van der Waals surface area contributed by atoms with Gasteiger partial charge in [-0.3, -0.25) is 19.4 Å². The molecule has 0 radical (unpaired) electrons. The highest BCUT2D eigenvalue weighted by molar-refractivity contribution is 6.33. The summed E-state index contributed by atoms with van der Waals surface area (Å²) in [6.07, 6.45) is 6.34. The Morgan fingerprint density at radius 2 is 1.83 bits per heavy atom. The lowest BCUT2D eigenvalue weighted by Crippen LogP contribution is -2.52. The number of terminal acetylenes is 1. The molecule has 0 bridgehead atoms. The number of ether oxygens (including phenoxy) is 1. The number of esters is 1. The van der Waals surface area contributed by atoms with E-state index in [9.17, 15) is 19.2 Å². The van der Waals surface area contributed by atoms with Gasteiger partial charge in [-0.1, -0.05) is 17.5 Å². The Hall–Kier alpha value is -3.83. The van der Waals surface area contributed by atoms with Crippen LogP contribution in [0.3, 0.4) is 0 Å². The molecule has 152 valence electrons. The molecule has 1 aromatic heterocycles. The maximum absolute atomic E-state index is 12.3. The van der Waals surface area contributed by atoms with Crippen molar-refractivity contribution in [1.29, 1.82) is 0 Å². The van der Waals surface area contributed by atoms with Crippen LogP contribution in [0.1, 0.15) is 16.1 Å². The number of halogens is 1. The van der Waals surface area contributed by atoms with E-state index in [0.29, 0.717) is 11.3 Å². The van der Waals surface area contributed by atoms with Crippen LogP contribution in [0, 0.1) is 12.3 Å². The Labute approximate surface area is 176 Å². The van der Waals surface area contributed by atoms with Crippen molar-refractivity contribution >= 4 is 41.5 Å². The minimum atomic E-state index is -0.730. The van der Waals surface area contributed by atoms with Gasteiger partial charge in [0.15, 0.2) is 6.61 Å². The van der Waals surface area contributed by atoms with Gasteiger partial charge in [0, 0.05) is 19.7 Å². The maximum atomic E-state index is 12.3. The molecule has 2 aromatic rings. The van der Waals surface area contributed by atoms with Gasteiger partial charge in [-0.05, 0) is 36.4 Å². The molecule has 1 saturated heterocycles. The number of barbiturate groups is 1. The van der Waals surface area contributed by atoms with Gasteiger partial charge in [0.2, 0.25) is 0 Å². The molecule has 1 aromatic carbocycles. The molecule has 0 atom stereocenters. The Morgan fingerprint density at radius 3 is 2.47 bits per heavy atom. The number of nitrogens with zero attached hydrogens (tertiary/aromatic N) is 2. The Balaban J connectivity index is 1.92. The van der Waals surface area contributed by atoms with E-state index in [0.717, 1.165) is 9.80 Å². The smallest absolute Gasteiger partial charge is 0.340 e. The van der Waals surface area contributed by atoms with Crippen molar-refractivity contribution in [3.05, 3.63) is 52.3 Å². The number of imide groups is 2. The van der Waals surface area contributed by atoms with Gasteiger partial charge in [0.25, 0.3) is 11.8 Å². The van der Waals surface area contributed by atoms with E-state index in [1.165, 1.54) is 32.3 Å². The summed E-state index contributed by atoms with van der Waals surface area (Å²) in [5, 5.41) is 0.184. The van der Waals surface area contributed by atoms with E-state index in [1.54, 1.807) is 18.2 Å². The van der Waals surface area contributed by atoms with Gasteiger partial charge in [0.1, 0.15) is 17.1 Å². The second kappa shape index (κ2) is 8.27. The minimum absolute atomic E-state index is 0.111. The highest BCUT2D eigenvalue weighted by Crippen LogP contribution is 2.28. The van der Waals surface area contributed by atoms with Crippen LogP contribution in [0.15, 0.2) is 40.3 Å². The fourth-order valence-electron chi connectivity index (χ4n) is 2.72. The Bertz CT molecular complexity index is 1110. The maximum Gasteiger partial charge on any atom is 0.340 e. The first-order valence-corrected chi connectivity index (χ1v) is 8.94. The van der Waals surface area contributed by atoms with Crippen LogP contribution in [-0.2, 0) is 14.3 Å². The van der Waals surface area contributed by atoms with E-state index in [-0.39, 0.29) is 28.5 Å². The first-order chi connectivity index (χ1) is 14.2. The predicted octanol–water partition coefficient (Wildman–Crippen LogP) is 2.82. The van der Waals surface area contributed by atoms with Crippen LogP contribution in [0.25, 0.3) is 17.4 Å². The van der Waals surface area contributed by atoms with Gasteiger partial charge in [-0.15, -0.1) is 6.42 Å². The molecule has 0 spiro atoms. The minimum Gasteiger partial charge on any atom is -0.457 e. The van der Waals surface area contributed by atoms with Crippen molar-refractivity contribution in [2.75, 3.05) is 20.7 Å². The van der Waals surface area contributed by atoms with Gasteiger partial charge in [-0.25, -0.2) is 9.59 Å². The summed E-state index contributed by atoms with van der Waals surface area (Å²) in [6.45, 7) is -0.189. The predicted molar refractivity (Wildman–Crippen MR) is 107 cm³/mol. The average Bonchev–Trinajstić information content (AvgIpc) is 3.21. The molecule has 8 nitrogen and oxygen atoms in total. The summed E-state index contributed by atoms with van der Waals surface area (Å²) in [5.41, 5.74) is 0.415. The number of benzene rings is 1. The van der Waals surface area contributed by atoms with Crippen LogP contribution in [0.2, 0.25) is 5.02 Å². The summed E-state index contributed by atoms with van der Waals surface area (Å²) in [7, 11) is 2.56. The fourth-order valence-corrected chi connectivity index (χ4v) is 2.92. The van der Waals surface area contributed by atoms with Gasteiger partial charge in [-0.2, -0.15) is 0 Å². The molecule has 4 amide bonds. The van der Waals surface area contributed by atoms with E-state index >= 15 is 0 Å². The van der Waals surface area contributed by atoms with Crippen molar-refractivity contribution in [2.24, 2.45) is 0 Å². The standard InChI is InChI=1S/C21H15ClN2O6/c1-4-9-29-20(27)14-10-12(5-7-16(14)22)17-8-6-13(30-17)11-15-18(25)23(2)21(28)24(3)19(15)26/h1,5-8,10-11H,9H2,2-3H3. The monoisotopic (exact) mass is 426 g/mol. The molecule has 30 heavy (non-hydrogen) atoms. The third-order valence-corrected chi connectivity index (χ3v) is 4.64. The van der Waals surface area contributed by atoms with E-state index in [1.807, 2.05) is 0 Å². The van der Waals surface area contributed by atoms with Crippen molar-refractivity contribution in [3.63, 3.8) is 0 Å². The number of amides is 4. The van der Waals surface area contributed by atoms with E-state index in [2.05, 4.69) is 5.92 Å². The lowest BCUT2D eigenvalue weighted by molar-refractivity contribution is -0.134. The number of carbonyl (C=O) groups excluding carboxylic acids is 4. The molecule has 1 aliphatic heterocycles. The molecule has 0 aliphatic carbocycles. The number of urea groups is 1. The molecular weight excluding hydrogens is 412 g/mol. The second-order valence-corrected chi connectivity index (χ2v) is 6.65.